The van der Waals surface area contributed by atoms with Gasteiger partial charge in [0, 0.05) is 36.1 Å². The lowest BCUT2D eigenvalue weighted by molar-refractivity contribution is -0.178. The van der Waals surface area contributed by atoms with Crippen LogP contribution in [0.2, 0.25) is 0 Å². The molecule has 0 aliphatic rings. The Morgan fingerprint density at radius 1 is 1.06 bits per heavy atom. The number of aromatic nitrogens is 1. The van der Waals surface area contributed by atoms with Crippen LogP contribution in [0.15, 0.2) is 48.8 Å². The first-order chi connectivity index (χ1) is 15.0. The maximum Gasteiger partial charge on any atom is 0.342 e. The van der Waals surface area contributed by atoms with Crippen molar-refractivity contribution in [2.45, 2.75) is 34.1 Å². The smallest absolute Gasteiger partial charge is 0.342 e. The fourth-order valence-electron chi connectivity index (χ4n) is 3.53. The zero-order valence-electron chi connectivity index (χ0n) is 18.6. The van der Waals surface area contributed by atoms with Crippen LogP contribution in [0, 0.1) is 25.7 Å². The van der Waals surface area contributed by atoms with Gasteiger partial charge in [-0.3, -0.25) is 0 Å². The Morgan fingerprint density at radius 2 is 1.81 bits per heavy atom. The van der Waals surface area contributed by atoms with Gasteiger partial charge in [-0.1, -0.05) is 37.0 Å². The Morgan fingerprint density at radius 3 is 2.45 bits per heavy atom. The highest BCUT2D eigenvalue weighted by molar-refractivity contribution is 5.93. The molecule has 0 aliphatic heterocycles. The molecule has 0 unspecified atom stereocenters. The lowest BCUT2D eigenvalue weighted by Gasteiger charge is -2.11. The van der Waals surface area contributed by atoms with Gasteiger partial charge in [-0.05, 0) is 49.6 Å². The minimum absolute atomic E-state index is 0.281. The molecular formula is C26H27NO4. The maximum atomic E-state index is 12.2. The van der Waals surface area contributed by atoms with E-state index in [1.165, 1.54) is 23.8 Å². The normalized spacial score (nSPS) is 10.4. The first kappa shape index (κ1) is 22.2. The summed E-state index contributed by atoms with van der Waals surface area (Å²) in [5.74, 6) is 6.30. The van der Waals surface area contributed by atoms with Gasteiger partial charge < -0.3 is 14.2 Å². The van der Waals surface area contributed by atoms with Crippen LogP contribution < -0.4 is 4.89 Å². The largest absolute Gasteiger partial charge is 0.462 e. The van der Waals surface area contributed by atoms with Crippen molar-refractivity contribution < 1.29 is 19.3 Å². The van der Waals surface area contributed by atoms with Crippen molar-refractivity contribution in [2.75, 3.05) is 13.7 Å². The Bertz CT molecular complexity index is 1130. The molecule has 1 aromatic heterocycles. The van der Waals surface area contributed by atoms with E-state index in [1.54, 1.807) is 19.1 Å². The van der Waals surface area contributed by atoms with Crippen LogP contribution >= 0.6 is 0 Å². The molecule has 31 heavy (non-hydrogen) atoms. The number of ether oxygens (including phenoxy) is 1. The second-order valence-corrected chi connectivity index (χ2v) is 7.07. The summed E-state index contributed by atoms with van der Waals surface area (Å²) in [7, 11) is 1.40. The number of benzene rings is 2. The number of aryl methyl sites for hydroxylation is 2. The van der Waals surface area contributed by atoms with Crippen LogP contribution in [0.1, 0.15) is 47.3 Å². The van der Waals surface area contributed by atoms with E-state index in [9.17, 15) is 4.79 Å². The molecule has 0 atom stereocenters. The second kappa shape index (κ2) is 10.0. The van der Waals surface area contributed by atoms with Crippen molar-refractivity contribution in [3.63, 3.8) is 0 Å². The number of hydrogen-bond acceptors (Lipinski definition) is 4. The molecule has 5 nitrogen and oxygen atoms in total. The number of rotatable bonds is 6. The third kappa shape index (κ3) is 4.82. The molecule has 3 aromatic rings. The first-order valence-corrected chi connectivity index (χ1v) is 10.3. The van der Waals surface area contributed by atoms with E-state index in [-0.39, 0.29) is 6.61 Å². The molecule has 2 aromatic carbocycles. The Labute approximate surface area is 183 Å². The lowest BCUT2D eigenvalue weighted by atomic mass is 9.95. The van der Waals surface area contributed by atoms with Gasteiger partial charge in [0.05, 0.1) is 19.3 Å². The van der Waals surface area contributed by atoms with Crippen molar-refractivity contribution >= 4 is 5.97 Å². The molecule has 0 saturated carbocycles. The average molecular weight is 418 g/mol. The second-order valence-electron chi connectivity index (χ2n) is 7.07. The zero-order chi connectivity index (χ0) is 22.4. The third-order valence-electron chi connectivity index (χ3n) is 4.91. The standard InChI is InChI=1S/C26H27NO4/c1-6-8-12-20-16-27(17-23(20)25-18(3)10-9-11-19(25)4)21-13-14-22(26(28)30-7-2)24(15-21)31-29-5/h9-11,13-17H,6-7H2,1-5H3. The molecule has 160 valence electrons. The summed E-state index contributed by atoms with van der Waals surface area (Å²) in [4.78, 5) is 22.3. The van der Waals surface area contributed by atoms with Gasteiger partial charge in [-0.25, -0.2) is 4.79 Å². The van der Waals surface area contributed by atoms with Gasteiger partial charge in [-0.15, -0.1) is 0 Å². The minimum Gasteiger partial charge on any atom is -0.462 e. The third-order valence-corrected chi connectivity index (χ3v) is 4.91. The van der Waals surface area contributed by atoms with Gasteiger partial charge in [-0.2, -0.15) is 4.89 Å². The number of carbonyl (C=O) groups excluding carboxylic acids is 1. The van der Waals surface area contributed by atoms with Gasteiger partial charge >= 0.3 is 5.97 Å². The summed E-state index contributed by atoms with van der Waals surface area (Å²) in [5, 5.41) is 0. The molecule has 1 heterocycles. The topological polar surface area (TPSA) is 49.7 Å². The summed E-state index contributed by atoms with van der Waals surface area (Å²) >= 11 is 0. The maximum absolute atomic E-state index is 12.2. The fourth-order valence-corrected chi connectivity index (χ4v) is 3.53. The van der Waals surface area contributed by atoms with Crippen molar-refractivity contribution in [3.05, 3.63) is 71.0 Å². The molecule has 0 spiro atoms. The first-order valence-electron chi connectivity index (χ1n) is 10.3. The quantitative estimate of drug-likeness (QED) is 0.225. The number of esters is 1. The molecule has 0 aliphatic carbocycles. The van der Waals surface area contributed by atoms with Crippen molar-refractivity contribution in [3.8, 4) is 34.4 Å². The van der Waals surface area contributed by atoms with Crippen LogP contribution in [0.3, 0.4) is 0 Å². The molecule has 3 rings (SSSR count). The van der Waals surface area contributed by atoms with Crippen LogP contribution in [0.4, 0.5) is 0 Å². The Balaban J connectivity index is 2.14. The molecule has 0 N–H and O–H groups in total. The van der Waals surface area contributed by atoms with E-state index in [0.717, 1.165) is 23.2 Å². The highest BCUT2D eigenvalue weighted by atomic mass is 17.2. The lowest BCUT2D eigenvalue weighted by Crippen LogP contribution is -2.08. The van der Waals surface area contributed by atoms with Crippen molar-refractivity contribution in [1.29, 1.82) is 0 Å². The highest BCUT2D eigenvalue weighted by Gasteiger charge is 2.18. The molecule has 0 bridgehead atoms. The summed E-state index contributed by atoms with van der Waals surface area (Å²) in [5.41, 5.74) is 6.70. The SMILES string of the molecule is CCC#Cc1cn(-c2ccc(C(=O)OCC)c(OOC)c2)cc1-c1c(C)cccc1C. The monoisotopic (exact) mass is 417 g/mol. The molecular weight excluding hydrogens is 390 g/mol. The number of hydrogen-bond donors (Lipinski definition) is 0. The van der Waals surface area contributed by atoms with Crippen LogP contribution in [0.5, 0.6) is 5.75 Å². The van der Waals surface area contributed by atoms with E-state index < -0.39 is 5.97 Å². The van der Waals surface area contributed by atoms with Gasteiger partial charge in [0.2, 0.25) is 0 Å². The minimum atomic E-state index is -0.459. The number of nitrogens with zero attached hydrogens (tertiary/aromatic N) is 1. The van der Waals surface area contributed by atoms with Crippen molar-refractivity contribution in [2.24, 2.45) is 0 Å². The predicted octanol–water partition coefficient (Wildman–Crippen LogP) is 5.64. The summed E-state index contributed by atoms with van der Waals surface area (Å²) in [6.45, 7) is 8.29. The van der Waals surface area contributed by atoms with Crippen LogP contribution in [0.25, 0.3) is 16.8 Å². The molecule has 0 radical (unpaired) electrons. The average Bonchev–Trinajstić information content (AvgIpc) is 3.16. The van der Waals surface area contributed by atoms with Gasteiger partial charge in [0.25, 0.3) is 0 Å². The summed E-state index contributed by atoms with van der Waals surface area (Å²) in [6, 6.07) is 11.6. The van der Waals surface area contributed by atoms with Gasteiger partial charge in [0.15, 0.2) is 5.75 Å². The summed E-state index contributed by atoms with van der Waals surface area (Å²) in [6.07, 6.45) is 4.84. The highest BCUT2D eigenvalue weighted by Crippen LogP contribution is 2.33. The number of carbonyl (C=O) groups is 1. The predicted molar refractivity (Wildman–Crippen MR) is 121 cm³/mol. The fraction of sp³-hybridized carbons (Fsp3) is 0.269. The Hall–Kier alpha value is -3.49. The van der Waals surface area contributed by atoms with E-state index in [4.69, 9.17) is 14.5 Å². The zero-order valence-corrected chi connectivity index (χ0v) is 18.6. The van der Waals surface area contributed by atoms with Crippen LogP contribution in [-0.4, -0.2) is 24.3 Å². The summed E-state index contributed by atoms with van der Waals surface area (Å²) < 4.78 is 7.10. The Kier molecular flexibility index (Phi) is 7.17. The molecule has 0 saturated heterocycles. The van der Waals surface area contributed by atoms with Crippen LogP contribution in [-0.2, 0) is 9.62 Å². The van der Waals surface area contributed by atoms with E-state index in [1.807, 2.05) is 23.8 Å². The van der Waals surface area contributed by atoms with E-state index >= 15 is 0 Å². The van der Waals surface area contributed by atoms with Gasteiger partial charge in [0.1, 0.15) is 5.56 Å². The molecule has 5 heteroatoms. The van der Waals surface area contributed by atoms with E-state index in [0.29, 0.717) is 11.3 Å². The van der Waals surface area contributed by atoms with E-state index in [2.05, 4.69) is 50.1 Å². The molecule has 0 amide bonds. The van der Waals surface area contributed by atoms with Crippen molar-refractivity contribution in [1.82, 2.24) is 4.57 Å². The molecule has 0 fully saturated rings.